The number of nitrogens with one attached hydrogen (secondary N) is 1. The number of unbranched alkanes of at least 4 members (excludes halogenated alkanes) is 2. The van der Waals surface area contributed by atoms with Gasteiger partial charge in [-0.05, 0) is 50.8 Å². The molecular weight excluding hydrogens is 352 g/mol. The van der Waals surface area contributed by atoms with Crippen molar-refractivity contribution in [1.29, 1.82) is 0 Å². The predicted molar refractivity (Wildman–Crippen MR) is 111 cm³/mol. The van der Waals surface area contributed by atoms with E-state index in [0.29, 0.717) is 13.1 Å². The molecule has 6 nitrogen and oxygen atoms in total. The molecule has 0 saturated carbocycles. The standard InChI is InChI=1S/C22H30N4O2/c1-2-10-21(27)23-14-7-3-4-13-20-24-18-11-5-6-12-19(18)26(20)17-22(28)25-15-8-9-16-25/h2,5-6,10-12H,3-4,7-9,13-17H2,1H3,(H,23,27)/b10-2+. The largest absolute Gasteiger partial charge is 0.353 e. The minimum absolute atomic E-state index is 0.0373. The lowest BCUT2D eigenvalue weighted by Gasteiger charge is -2.17. The number of aromatic nitrogens is 2. The van der Waals surface area contributed by atoms with Gasteiger partial charge in [-0.3, -0.25) is 9.59 Å². The van der Waals surface area contributed by atoms with Crippen molar-refractivity contribution in [1.82, 2.24) is 19.8 Å². The Morgan fingerprint density at radius 3 is 2.71 bits per heavy atom. The summed E-state index contributed by atoms with van der Waals surface area (Å²) in [5.74, 6) is 1.13. The van der Waals surface area contributed by atoms with Crippen molar-refractivity contribution in [3.63, 3.8) is 0 Å². The number of hydrogen-bond acceptors (Lipinski definition) is 3. The molecule has 0 bridgehead atoms. The summed E-state index contributed by atoms with van der Waals surface area (Å²) < 4.78 is 2.09. The first-order valence-electron chi connectivity index (χ1n) is 10.3. The molecule has 150 valence electrons. The molecular formula is C22H30N4O2. The second kappa shape index (κ2) is 10.1. The number of carbonyl (C=O) groups excluding carboxylic acids is 2. The topological polar surface area (TPSA) is 67.2 Å². The van der Waals surface area contributed by atoms with Gasteiger partial charge in [-0.25, -0.2) is 4.98 Å². The van der Waals surface area contributed by atoms with Crippen molar-refractivity contribution in [2.45, 2.75) is 52.0 Å². The molecule has 0 atom stereocenters. The molecule has 3 rings (SSSR count). The summed E-state index contributed by atoms with van der Waals surface area (Å²) in [6.45, 7) is 4.64. The average Bonchev–Trinajstić information content (AvgIpc) is 3.34. The number of allylic oxidation sites excluding steroid dienone is 1. The molecule has 28 heavy (non-hydrogen) atoms. The first-order valence-corrected chi connectivity index (χ1v) is 10.3. The zero-order valence-electron chi connectivity index (χ0n) is 16.7. The summed E-state index contributed by atoms with van der Waals surface area (Å²) >= 11 is 0. The van der Waals surface area contributed by atoms with E-state index in [9.17, 15) is 9.59 Å². The van der Waals surface area contributed by atoms with Gasteiger partial charge in [0.25, 0.3) is 0 Å². The molecule has 1 N–H and O–H groups in total. The van der Waals surface area contributed by atoms with E-state index in [-0.39, 0.29) is 11.8 Å². The van der Waals surface area contributed by atoms with Gasteiger partial charge in [0.1, 0.15) is 12.4 Å². The maximum atomic E-state index is 12.7. The van der Waals surface area contributed by atoms with Gasteiger partial charge in [-0.15, -0.1) is 0 Å². The highest BCUT2D eigenvalue weighted by Crippen LogP contribution is 2.19. The third kappa shape index (κ3) is 5.21. The number of carbonyl (C=O) groups is 2. The van der Waals surface area contributed by atoms with Crippen LogP contribution in [0.2, 0.25) is 0 Å². The van der Waals surface area contributed by atoms with Crippen molar-refractivity contribution in [2.24, 2.45) is 0 Å². The zero-order chi connectivity index (χ0) is 19.8. The molecule has 2 amide bonds. The fourth-order valence-electron chi connectivity index (χ4n) is 3.70. The first kappa shape index (κ1) is 20.1. The monoisotopic (exact) mass is 382 g/mol. The number of imidazole rings is 1. The van der Waals surface area contributed by atoms with E-state index in [2.05, 4.69) is 9.88 Å². The summed E-state index contributed by atoms with van der Waals surface area (Å²) in [6.07, 6.45) is 9.27. The number of hydrogen-bond donors (Lipinski definition) is 1. The van der Waals surface area contributed by atoms with Gasteiger partial charge < -0.3 is 14.8 Å². The van der Waals surface area contributed by atoms with E-state index in [1.54, 1.807) is 12.2 Å². The summed E-state index contributed by atoms with van der Waals surface area (Å²) in [7, 11) is 0. The van der Waals surface area contributed by atoms with Crippen LogP contribution >= 0.6 is 0 Å². The van der Waals surface area contributed by atoms with Gasteiger partial charge in [-0.1, -0.05) is 24.6 Å². The third-order valence-corrected chi connectivity index (χ3v) is 5.18. The Balaban J connectivity index is 1.57. The number of aryl methyl sites for hydroxylation is 1. The Kier molecular flexibility index (Phi) is 7.23. The molecule has 1 fully saturated rings. The van der Waals surface area contributed by atoms with Gasteiger partial charge in [0.15, 0.2) is 0 Å². The molecule has 0 aliphatic carbocycles. The lowest BCUT2D eigenvalue weighted by atomic mass is 10.2. The van der Waals surface area contributed by atoms with Gasteiger partial charge in [0.2, 0.25) is 11.8 Å². The average molecular weight is 383 g/mol. The normalized spacial score (nSPS) is 14.2. The molecule has 0 spiro atoms. The number of nitrogens with zero attached hydrogens (tertiary/aromatic N) is 3. The quantitative estimate of drug-likeness (QED) is 0.535. The lowest BCUT2D eigenvalue weighted by molar-refractivity contribution is -0.130. The van der Waals surface area contributed by atoms with Crippen LogP contribution in [0.25, 0.3) is 11.0 Å². The number of benzene rings is 1. The Labute approximate surface area is 166 Å². The fourth-order valence-corrected chi connectivity index (χ4v) is 3.70. The fraction of sp³-hybridized carbons (Fsp3) is 0.500. The molecule has 2 aromatic rings. The van der Waals surface area contributed by atoms with Crippen LogP contribution in [0.15, 0.2) is 36.4 Å². The minimum atomic E-state index is -0.0373. The summed E-state index contributed by atoms with van der Waals surface area (Å²) in [5.41, 5.74) is 1.98. The second-order valence-electron chi connectivity index (χ2n) is 7.29. The molecule has 1 aliphatic heterocycles. The van der Waals surface area contributed by atoms with Crippen LogP contribution < -0.4 is 5.32 Å². The van der Waals surface area contributed by atoms with Crippen molar-refractivity contribution < 1.29 is 9.59 Å². The van der Waals surface area contributed by atoms with E-state index in [1.807, 2.05) is 36.1 Å². The summed E-state index contributed by atoms with van der Waals surface area (Å²) in [5, 5.41) is 2.88. The van der Waals surface area contributed by atoms with E-state index in [4.69, 9.17) is 4.98 Å². The molecule has 0 radical (unpaired) electrons. The second-order valence-corrected chi connectivity index (χ2v) is 7.29. The molecule has 1 aromatic heterocycles. The highest BCUT2D eigenvalue weighted by atomic mass is 16.2. The Morgan fingerprint density at radius 1 is 1.14 bits per heavy atom. The number of fused-ring (bicyclic) bond motifs is 1. The molecule has 2 heterocycles. The van der Waals surface area contributed by atoms with Gasteiger partial charge in [0.05, 0.1) is 11.0 Å². The Hall–Kier alpha value is -2.63. The Morgan fingerprint density at radius 2 is 1.93 bits per heavy atom. The van der Waals surface area contributed by atoms with E-state index in [0.717, 1.165) is 68.5 Å². The van der Waals surface area contributed by atoms with Crippen LogP contribution in [0, 0.1) is 0 Å². The smallest absolute Gasteiger partial charge is 0.243 e. The molecule has 0 unspecified atom stereocenters. The summed E-state index contributed by atoms with van der Waals surface area (Å²) in [4.78, 5) is 30.8. The molecule has 1 saturated heterocycles. The van der Waals surface area contributed by atoms with Gasteiger partial charge in [-0.2, -0.15) is 0 Å². The Bertz CT molecular complexity index is 834. The van der Waals surface area contributed by atoms with Crippen molar-refractivity contribution in [3.8, 4) is 0 Å². The van der Waals surface area contributed by atoms with Crippen LogP contribution in [0.3, 0.4) is 0 Å². The van der Waals surface area contributed by atoms with Gasteiger partial charge in [0, 0.05) is 26.1 Å². The van der Waals surface area contributed by atoms with Crippen molar-refractivity contribution in [3.05, 3.63) is 42.2 Å². The van der Waals surface area contributed by atoms with Crippen molar-refractivity contribution in [2.75, 3.05) is 19.6 Å². The van der Waals surface area contributed by atoms with Crippen molar-refractivity contribution >= 4 is 22.8 Å². The number of likely N-dealkylation sites (tertiary alicyclic amines) is 1. The minimum Gasteiger partial charge on any atom is -0.353 e. The van der Waals surface area contributed by atoms with Crippen LogP contribution in [0.1, 0.15) is 44.9 Å². The third-order valence-electron chi connectivity index (χ3n) is 5.18. The number of para-hydroxylation sites is 2. The van der Waals surface area contributed by atoms with E-state index < -0.39 is 0 Å². The first-order chi connectivity index (χ1) is 13.7. The zero-order valence-corrected chi connectivity index (χ0v) is 16.7. The maximum Gasteiger partial charge on any atom is 0.243 e. The van der Waals surface area contributed by atoms with Crippen LogP contribution in [-0.2, 0) is 22.6 Å². The number of rotatable bonds is 9. The van der Waals surface area contributed by atoms with Crippen LogP contribution in [0.5, 0.6) is 0 Å². The predicted octanol–water partition coefficient (Wildman–Crippen LogP) is 3.06. The van der Waals surface area contributed by atoms with Crippen LogP contribution in [-0.4, -0.2) is 45.9 Å². The highest BCUT2D eigenvalue weighted by molar-refractivity contribution is 5.87. The van der Waals surface area contributed by atoms with E-state index >= 15 is 0 Å². The maximum absolute atomic E-state index is 12.7. The highest BCUT2D eigenvalue weighted by Gasteiger charge is 2.20. The summed E-state index contributed by atoms with van der Waals surface area (Å²) in [6, 6.07) is 8.03. The molecule has 6 heteroatoms. The van der Waals surface area contributed by atoms with Gasteiger partial charge >= 0.3 is 0 Å². The molecule has 1 aliphatic rings. The lowest BCUT2D eigenvalue weighted by Crippen LogP contribution is -2.31. The van der Waals surface area contributed by atoms with E-state index in [1.165, 1.54) is 0 Å². The van der Waals surface area contributed by atoms with Crippen LogP contribution in [0.4, 0.5) is 0 Å². The SMILES string of the molecule is C/C=C/C(=O)NCCCCCc1nc2ccccc2n1CC(=O)N1CCCC1. The molecule has 1 aromatic carbocycles. The number of amides is 2.